The Balaban J connectivity index is 1.52. The third-order valence-corrected chi connectivity index (χ3v) is 5.03. The molecular weight excluding hydrogens is 374 g/mol. The van der Waals surface area contributed by atoms with Gasteiger partial charge in [-0.15, -0.1) is 11.3 Å². The number of nitrogens with zero attached hydrogens (tertiary/aromatic N) is 2. The normalized spacial score (nSPS) is 10.5. The van der Waals surface area contributed by atoms with Gasteiger partial charge in [-0.1, -0.05) is 17.7 Å². The van der Waals surface area contributed by atoms with E-state index < -0.39 is 5.97 Å². The van der Waals surface area contributed by atoms with Gasteiger partial charge in [-0.2, -0.15) is 0 Å². The van der Waals surface area contributed by atoms with E-state index in [1.807, 2.05) is 50.4 Å². The van der Waals surface area contributed by atoms with Gasteiger partial charge in [0.15, 0.2) is 6.61 Å². The summed E-state index contributed by atoms with van der Waals surface area (Å²) >= 11 is 1.44. The van der Waals surface area contributed by atoms with Crippen molar-refractivity contribution in [3.05, 3.63) is 64.4 Å². The van der Waals surface area contributed by atoms with Crippen molar-refractivity contribution in [2.24, 2.45) is 0 Å². The number of esters is 1. The van der Waals surface area contributed by atoms with Crippen molar-refractivity contribution in [1.82, 2.24) is 9.97 Å². The number of nitrogens with one attached hydrogen (secondary N) is 1. The molecule has 0 fully saturated rings. The molecule has 6 nitrogen and oxygen atoms in total. The summed E-state index contributed by atoms with van der Waals surface area (Å²) in [5, 5.41) is 5.41. The van der Waals surface area contributed by atoms with Gasteiger partial charge in [0.25, 0.3) is 5.91 Å². The topological polar surface area (TPSA) is 81.2 Å². The molecule has 144 valence electrons. The van der Waals surface area contributed by atoms with Crippen molar-refractivity contribution in [1.29, 1.82) is 0 Å². The van der Waals surface area contributed by atoms with Crippen molar-refractivity contribution >= 4 is 28.9 Å². The Labute approximate surface area is 167 Å². The predicted octanol–water partition coefficient (Wildman–Crippen LogP) is 3.85. The lowest BCUT2D eigenvalue weighted by molar-refractivity contribution is -0.146. The van der Waals surface area contributed by atoms with Crippen LogP contribution in [0.3, 0.4) is 0 Å². The van der Waals surface area contributed by atoms with Crippen molar-refractivity contribution in [2.45, 2.75) is 27.2 Å². The molecule has 1 amide bonds. The molecule has 3 rings (SSSR count). The van der Waals surface area contributed by atoms with E-state index in [4.69, 9.17) is 4.74 Å². The summed E-state index contributed by atoms with van der Waals surface area (Å²) in [6.45, 7) is 5.55. The molecular formula is C21H21N3O3S. The maximum atomic E-state index is 12.1. The largest absolute Gasteiger partial charge is 0.455 e. The number of rotatable bonds is 6. The third kappa shape index (κ3) is 5.01. The second-order valence-electron chi connectivity index (χ2n) is 6.55. The number of hydrogen-bond acceptors (Lipinski definition) is 6. The Morgan fingerprint density at radius 2 is 1.93 bits per heavy atom. The monoisotopic (exact) mass is 395 g/mol. The highest BCUT2D eigenvalue weighted by Crippen LogP contribution is 2.23. The Hall–Kier alpha value is -3.06. The van der Waals surface area contributed by atoms with Crippen LogP contribution in [0.5, 0.6) is 0 Å². The zero-order valence-electron chi connectivity index (χ0n) is 16.0. The van der Waals surface area contributed by atoms with Gasteiger partial charge >= 0.3 is 5.97 Å². The van der Waals surface area contributed by atoms with Gasteiger partial charge in [0.1, 0.15) is 5.01 Å². The first-order valence-corrected chi connectivity index (χ1v) is 9.68. The maximum Gasteiger partial charge on any atom is 0.312 e. The van der Waals surface area contributed by atoms with E-state index in [1.165, 1.54) is 11.3 Å². The van der Waals surface area contributed by atoms with E-state index in [0.29, 0.717) is 5.69 Å². The number of carbonyl (C=O) groups is 2. The summed E-state index contributed by atoms with van der Waals surface area (Å²) in [5.41, 5.74) is 5.35. The van der Waals surface area contributed by atoms with Gasteiger partial charge in [0, 0.05) is 29.0 Å². The summed E-state index contributed by atoms with van der Waals surface area (Å²) < 4.78 is 5.10. The molecule has 2 aromatic heterocycles. The summed E-state index contributed by atoms with van der Waals surface area (Å²) in [6.07, 6.45) is 3.44. The molecule has 3 aromatic rings. The predicted molar refractivity (Wildman–Crippen MR) is 109 cm³/mol. The average molecular weight is 395 g/mol. The number of pyridine rings is 1. The third-order valence-electron chi connectivity index (χ3n) is 4.09. The second-order valence-corrected chi connectivity index (χ2v) is 7.40. The van der Waals surface area contributed by atoms with Gasteiger partial charge in [-0.25, -0.2) is 4.98 Å². The molecule has 0 aliphatic heterocycles. The van der Waals surface area contributed by atoms with E-state index in [0.717, 1.165) is 32.9 Å². The number of anilines is 1. The lowest BCUT2D eigenvalue weighted by Gasteiger charge is -2.12. The lowest BCUT2D eigenvalue weighted by atomic mass is 10.1. The Kier molecular flexibility index (Phi) is 6.16. The van der Waals surface area contributed by atoms with E-state index in [1.54, 1.807) is 12.4 Å². The molecule has 0 unspecified atom stereocenters. The van der Waals surface area contributed by atoms with E-state index >= 15 is 0 Å². The van der Waals surface area contributed by atoms with Gasteiger partial charge in [-0.05, 0) is 44.0 Å². The lowest BCUT2D eigenvalue weighted by Crippen LogP contribution is -2.22. The van der Waals surface area contributed by atoms with Crippen LogP contribution >= 0.6 is 11.3 Å². The summed E-state index contributed by atoms with van der Waals surface area (Å²) in [6, 6.07) is 7.74. The summed E-state index contributed by atoms with van der Waals surface area (Å²) in [5.74, 6) is -0.853. The first kappa shape index (κ1) is 19.7. The van der Waals surface area contributed by atoms with Crippen LogP contribution < -0.4 is 5.32 Å². The van der Waals surface area contributed by atoms with Crippen LogP contribution in [0.25, 0.3) is 10.6 Å². The van der Waals surface area contributed by atoms with Crippen LogP contribution in [0.15, 0.2) is 42.0 Å². The fourth-order valence-corrected chi connectivity index (χ4v) is 3.72. The second kappa shape index (κ2) is 8.75. The fraction of sp³-hybridized carbons (Fsp3) is 0.238. The van der Waals surface area contributed by atoms with Crippen LogP contribution in [-0.4, -0.2) is 28.5 Å². The standard InChI is InChI=1S/C21H21N3O3S/c1-13-7-14(2)20(15(3)8-13)24-18(25)11-27-19(26)9-17-12-28-21(23-17)16-5-4-6-22-10-16/h4-8,10,12H,9,11H2,1-3H3,(H,24,25). The SMILES string of the molecule is Cc1cc(C)c(NC(=O)COC(=O)Cc2csc(-c3cccnc3)n2)c(C)c1. The average Bonchev–Trinajstić information content (AvgIpc) is 3.12. The number of aryl methyl sites for hydroxylation is 3. The number of hydrogen-bond donors (Lipinski definition) is 1. The van der Waals surface area contributed by atoms with Crippen molar-refractivity contribution in [2.75, 3.05) is 11.9 Å². The zero-order chi connectivity index (χ0) is 20.1. The minimum absolute atomic E-state index is 0.0205. The van der Waals surface area contributed by atoms with Crippen LogP contribution in [0.4, 0.5) is 5.69 Å². The molecule has 0 saturated carbocycles. The van der Waals surface area contributed by atoms with Gasteiger partial charge in [0.2, 0.25) is 0 Å². The van der Waals surface area contributed by atoms with Gasteiger partial charge in [0.05, 0.1) is 12.1 Å². The van der Waals surface area contributed by atoms with Crippen molar-refractivity contribution < 1.29 is 14.3 Å². The minimum atomic E-state index is -0.490. The summed E-state index contributed by atoms with van der Waals surface area (Å²) in [7, 11) is 0. The molecule has 0 saturated heterocycles. The molecule has 0 radical (unpaired) electrons. The highest BCUT2D eigenvalue weighted by molar-refractivity contribution is 7.13. The fourth-order valence-electron chi connectivity index (χ4n) is 2.91. The van der Waals surface area contributed by atoms with Gasteiger partial charge in [-0.3, -0.25) is 14.6 Å². The quantitative estimate of drug-likeness (QED) is 0.641. The molecule has 0 bridgehead atoms. The van der Waals surface area contributed by atoms with Crippen LogP contribution in [0, 0.1) is 20.8 Å². The zero-order valence-corrected chi connectivity index (χ0v) is 16.8. The number of benzene rings is 1. The van der Waals surface area contributed by atoms with Crippen LogP contribution in [0.2, 0.25) is 0 Å². The molecule has 0 aliphatic carbocycles. The number of aromatic nitrogens is 2. The van der Waals surface area contributed by atoms with Crippen molar-refractivity contribution in [3.63, 3.8) is 0 Å². The first-order valence-electron chi connectivity index (χ1n) is 8.80. The summed E-state index contributed by atoms with van der Waals surface area (Å²) in [4.78, 5) is 32.7. The number of thiazole rings is 1. The van der Waals surface area contributed by atoms with E-state index in [-0.39, 0.29) is 18.9 Å². The smallest absolute Gasteiger partial charge is 0.312 e. The Morgan fingerprint density at radius 3 is 2.61 bits per heavy atom. The molecule has 2 heterocycles. The van der Waals surface area contributed by atoms with Crippen molar-refractivity contribution in [3.8, 4) is 10.6 Å². The highest BCUT2D eigenvalue weighted by Gasteiger charge is 2.13. The molecule has 7 heteroatoms. The van der Waals surface area contributed by atoms with Gasteiger partial charge < -0.3 is 10.1 Å². The van der Waals surface area contributed by atoms with E-state index in [9.17, 15) is 9.59 Å². The molecule has 0 atom stereocenters. The number of ether oxygens (including phenoxy) is 1. The minimum Gasteiger partial charge on any atom is -0.455 e. The molecule has 28 heavy (non-hydrogen) atoms. The van der Waals surface area contributed by atoms with E-state index in [2.05, 4.69) is 15.3 Å². The van der Waals surface area contributed by atoms with Crippen LogP contribution in [-0.2, 0) is 20.7 Å². The first-order chi connectivity index (χ1) is 13.4. The highest BCUT2D eigenvalue weighted by atomic mass is 32.1. The molecule has 1 N–H and O–H groups in total. The maximum absolute atomic E-state index is 12.1. The molecule has 0 spiro atoms. The molecule has 0 aliphatic rings. The molecule has 1 aromatic carbocycles. The van der Waals surface area contributed by atoms with Crippen LogP contribution in [0.1, 0.15) is 22.4 Å². The number of amides is 1. The number of carbonyl (C=O) groups excluding carboxylic acids is 2. The Bertz CT molecular complexity index is 976. The Morgan fingerprint density at radius 1 is 1.18 bits per heavy atom.